The molecule has 2 fully saturated rings. The number of ether oxygens (including phenoxy) is 2. The highest BCUT2D eigenvalue weighted by molar-refractivity contribution is 5.92. The van der Waals surface area contributed by atoms with Crippen molar-refractivity contribution in [3.8, 4) is 17.2 Å². The molecule has 2 aliphatic heterocycles. The zero-order chi connectivity index (χ0) is 28.9. The molecule has 2 aromatic carbocycles. The molecule has 6 rings (SSSR count). The lowest BCUT2D eigenvalue weighted by Crippen LogP contribution is -2.69. The van der Waals surface area contributed by atoms with Crippen LogP contribution in [0.25, 0.3) is 6.08 Å². The Bertz CT molecular complexity index is 1390. The average molecular weight is 557 g/mol. The second-order valence-corrected chi connectivity index (χ2v) is 12.4. The van der Waals surface area contributed by atoms with Crippen molar-refractivity contribution in [3.63, 3.8) is 0 Å². The van der Waals surface area contributed by atoms with E-state index < -0.39 is 5.97 Å². The van der Waals surface area contributed by atoms with Gasteiger partial charge in [-0.15, -0.1) is 6.58 Å². The van der Waals surface area contributed by atoms with Gasteiger partial charge in [0.2, 0.25) is 5.91 Å². The molecule has 1 saturated heterocycles. The first-order valence-electron chi connectivity index (χ1n) is 14.9. The quantitative estimate of drug-likeness (QED) is 0.211. The molecule has 2 aliphatic carbocycles. The van der Waals surface area contributed by atoms with Crippen LogP contribution in [0.2, 0.25) is 0 Å². The van der Waals surface area contributed by atoms with E-state index in [1.54, 1.807) is 6.08 Å². The normalized spacial score (nSPS) is 27.8. The topological polar surface area (TPSA) is 79.3 Å². The van der Waals surface area contributed by atoms with Gasteiger partial charge in [-0.25, -0.2) is 0 Å². The van der Waals surface area contributed by atoms with Crippen molar-refractivity contribution >= 4 is 18.0 Å². The van der Waals surface area contributed by atoms with Crippen LogP contribution in [0.15, 0.2) is 55.1 Å². The van der Waals surface area contributed by atoms with Gasteiger partial charge in [0.15, 0.2) is 11.5 Å². The second kappa shape index (κ2) is 10.7. The third-order valence-corrected chi connectivity index (χ3v) is 9.57. The van der Waals surface area contributed by atoms with Gasteiger partial charge in [-0.3, -0.25) is 14.5 Å². The maximum Gasteiger partial charge on any atom is 0.308 e. The Balaban J connectivity index is 1.45. The molecule has 5 atom stereocenters. The van der Waals surface area contributed by atoms with Crippen LogP contribution in [0.3, 0.4) is 0 Å². The van der Waals surface area contributed by atoms with Crippen molar-refractivity contribution in [3.05, 3.63) is 71.8 Å². The van der Waals surface area contributed by atoms with E-state index in [0.717, 1.165) is 49.0 Å². The van der Waals surface area contributed by atoms with Crippen LogP contribution in [0.5, 0.6) is 17.2 Å². The number of phenols is 1. The van der Waals surface area contributed by atoms with Crippen LogP contribution in [0.1, 0.15) is 56.7 Å². The van der Waals surface area contributed by atoms with Gasteiger partial charge in [0.1, 0.15) is 11.9 Å². The molecule has 0 radical (unpaired) electrons. The number of phenolic OH excluding ortho intramolecular Hbond substituents is 1. The summed E-state index contributed by atoms with van der Waals surface area (Å²) in [6.07, 6.45) is 8.55. The van der Waals surface area contributed by atoms with Crippen molar-refractivity contribution in [1.82, 2.24) is 9.80 Å². The monoisotopic (exact) mass is 556 g/mol. The zero-order valence-corrected chi connectivity index (χ0v) is 24.2. The molecule has 216 valence electrons. The predicted octanol–water partition coefficient (Wildman–Crippen LogP) is 5.11. The fourth-order valence-electron chi connectivity index (χ4n) is 8.20. The van der Waals surface area contributed by atoms with Gasteiger partial charge >= 0.3 is 5.97 Å². The molecule has 41 heavy (non-hydrogen) atoms. The fraction of sp³-hybridized carbons (Fsp3) is 0.471. The van der Waals surface area contributed by atoms with Crippen LogP contribution in [-0.2, 0) is 21.4 Å². The highest BCUT2D eigenvalue weighted by Gasteiger charge is 2.67. The van der Waals surface area contributed by atoms with Gasteiger partial charge in [-0.05, 0) is 55.7 Å². The summed E-state index contributed by atoms with van der Waals surface area (Å²) in [7, 11) is 0. The van der Waals surface area contributed by atoms with Crippen LogP contribution >= 0.6 is 0 Å². The van der Waals surface area contributed by atoms with E-state index in [4.69, 9.17) is 9.47 Å². The minimum absolute atomic E-state index is 0.0262. The van der Waals surface area contributed by atoms with Crippen LogP contribution in [0, 0.1) is 11.8 Å². The van der Waals surface area contributed by atoms with E-state index in [2.05, 4.69) is 25.3 Å². The Morgan fingerprint density at radius 3 is 2.76 bits per heavy atom. The van der Waals surface area contributed by atoms with E-state index in [1.165, 1.54) is 13.0 Å². The standard InChI is InChI=1S/C34H40N2O5/c1-5-16-35-17-15-34-25-12-13-26(36(20-21(2)3)30(39)14-11-23-9-7-6-8-10-23)33(34)41-32-29(40-22(4)37)19-28(38)24(31(32)34)18-27(25)35/h5-11,14,19,21,25-27,33,38H,1,12-13,15-18,20H2,2-4H3/t25-,26+,27+,33-,34-/m0/s1. The summed E-state index contributed by atoms with van der Waals surface area (Å²) >= 11 is 0. The number of rotatable bonds is 8. The molecule has 1 spiro atoms. The molecular weight excluding hydrogens is 516 g/mol. The first-order chi connectivity index (χ1) is 19.7. The molecule has 1 saturated carbocycles. The molecule has 2 heterocycles. The minimum atomic E-state index is -0.457. The number of hydrogen-bond acceptors (Lipinski definition) is 6. The van der Waals surface area contributed by atoms with E-state index in [9.17, 15) is 14.7 Å². The van der Waals surface area contributed by atoms with Crippen LogP contribution in [-0.4, -0.2) is 64.6 Å². The number of carbonyl (C=O) groups is 2. The Hall–Kier alpha value is -3.58. The number of benzene rings is 2. The molecule has 2 bridgehead atoms. The van der Waals surface area contributed by atoms with Gasteiger partial charge in [-0.1, -0.05) is 50.3 Å². The number of likely N-dealkylation sites (tertiary alicyclic amines) is 1. The van der Waals surface area contributed by atoms with Crippen molar-refractivity contribution in [2.75, 3.05) is 19.6 Å². The number of nitrogens with zero attached hydrogens (tertiary/aromatic N) is 2. The second-order valence-electron chi connectivity index (χ2n) is 12.4. The maximum atomic E-state index is 13.9. The number of aromatic hydroxyl groups is 1. The summed E-state index contributed by atoms with van der Waals surface area (Å²) in [5.74, 6) is 1.08. The minimum Gasteiger partial charge on any atom is -0.508 e. The first-order valence-corrected chi connectivity index (χ1v) is 14.9. The molecular formula is C34H40N2O5. The van der Waals surface area contributed by atoms with Crippen LogP contribution < -0.4 is 9.47 Å². The molecule has 7 heteroatoms. The van der Waals surface area contributed by atoms with Crippen molar-refractivity contribution in [2.45, 2.75) is 70.1 Å². The number of carbonyl (C=O) groups excluding carboxylic acids is 2. The SMILES string of the molecule is C=CCN1CC[C@]23c4c5c(O)cc(OC(C)=O)c4O[C@H]2[C@H](N(CC(C)C)C(=O)C=Cc2ccccc2)CC[C@H]3[C@H]1C5. The lowest BCUT2D eigenvalue weighted by Gasteiger charge is -2.60. The van der Waals surface area contributed by atoms with E-state index in [0.29, 0.717) is 24.6 Å². The smallest absolute Gasteiger partial charge is 0.308 e. The molecule has 2 aromatic rings. The van der Waals surface area contributed by atoms with Gasteiger partial charge < -0.3 is 19.5 Å². The Kier molecular flexibility index (Phi) is 7.18. The summed E-state index contributed by atoms with van der Waals surface area (Å²) in [6, 6.07) is 11.5. The van der Waals surface area contributed by atoms with Gasteiger partial charge in [0.25, 0.3) is 0 Å². The molecule has 1 amide bonds. The number of esters is 1. The highest BCUT2D eigenvalue weighted by atomic mass is 16.6. The predicted molar refractivity (Wildman–Crippen MR) is 158 cm³/mol. The summed E-state index contributed by atoms with van der Waals surface area (Å²) < 4.78 is 12.5. The fourth-order valence-corrected chi connectivity index (χ4v) is 8.20. The third-order valence-electron chi connectivity index (χ3n) is 9.57. The molecule has 0 aromatic heterocycles. The average Bonchev–Trinajstić information content (AvgIpc) is 3.28. The lowest BCUT2D eigenvalue weighted by molar-refractivity contribution is -0.138. The van der Waals surface area contributed by atoms with Gasteiger partial charge in [0.05, 0.1) is 6.04 Å². The van der Waals surface area contributed by atoms with Crippen molar-refractivity contribution in [2.24, 2.45) is 11.8 Å². The van der Waals surface area contributed by atoms with E-state index >= 15 is 0 Å². The van der Waals surface area contributed by atoms with E-state index in [1.807, 2.05) is 47.4 Å². The Morgan fingerprint density at radius 1 is 1.27 bits per heavy atom. The number of piperidine rings is 1. The van der Waals surface area contributed by atoms with Crippen molar-refractivity contribution < 1.29 is 24.2 Å². The van der Waals surface area contributed by atoms with E-state index in [-0.39, 0.29) is 46.9 Å². The molecule has 0 unspecified atom stereocenters. The maximum absolute atomic E-state index is 13.9. The summed E-state index contributed by atoms with van der Waals surface area (Å²) in [5.41, 5.74) is 2.49. The largest absolute Gasteiger partial charge is 0.508 e. The summed E-state index contributed by atoms with van der Waals surface area (Å²) in [6.45, 7) is 11.9. The summed E-state index contributed by atoms with van der Waals surface area (Å²) in [4.78, 5) is 30.5. The Labute approximate surface area is 242 Å². The Morgan fingerprint density at radius 2 is 2.05 bits per heavy atom. The molecule has 7 nitrogen and oxygen atoms in total. The highest BCUT2D eigenvalue weighted by Crippen LogP contribution is 2.65. The molecule has 4 aliphatic rings. The first kappa shape index (κ1) is 27.6. The van der Waals surface area contributed by atoms with Crippen LogP contribution in [0.4, 0.5) is 0 Å². The lowest BCUT2D eigenvalue weighted by atomic mass is 9.50. The van der Waals surface area contributed by atoms with Gasteiger partial charge in [0, 0.05) is 54.7 Å². The third kappa shape index (κ3) is 4.55. The number of hydrogen-bond donors (Lipinski definition) is 1. The molecule has 1 N–H and O–H groups in total. The van der Waals surface area contributed by atoms with Crippen molar-refractivity contribution in [1.29, 1.82) is 0 Å². The summed E-state index contributed by atoms with van der Waals surface area (Å²) in [5, 5.41) is 11.3. The van der Waals surface area contributed by atoms with Gasteiger partial charge in [-0.2, -0.15) is 0 Å². The zero-order valence-electron chi connectivity index (χ0n) is 24.2. The number of amides is 1.